The van der Waals surface area contributed by atoms with Gasteiger partial charge >= 0.3 is 0 Å². The number of aryl methyl sites for hydroxylation is 1. The largest absolute Gasteiger partial charge is 0.391 e. The van der Waals surface area contributed by atoms with Crippen LogP contribution in [0.2, 0.25) is 0 Å². The second kappa shape index (κ2) is 3.96. The van der Waals surface area contributed by atoms with Crippen LogP contribution in [0.3, 0.4) is 0 Å². The molecule has 0 spiro atoms. The zero-order valence-corrected chi connectivity index (χ0v) is 9.74. The van der Waals surface area contributed by atoms with E-state index in [1.165, 1.54) is 6.33 Å². The number of fused-ring (bicyclic) bond motifs is 1. The molecule has 1 atom stereocenters. The summed E-state index contributed by atoms with van der Waals surface area (Å²) in [7, 11) is 0. The van der Waals surface area contributed by atoms with E-state index in [0.717, 1.165) is 30.9 Å². The van der Waals surface area contributed by atoms with E-state index in [1.807, 2.05) is 13.0 Å². The van der Waals surface area contributed by atoms with Gasteiger partial charge in [0, 0.05) is 24.8 Å². The normalized spacial score (nSPS) is 21.1. The highest BCUT2D eigenvalue weighted by atomic mass is 16.3. The molecule has 0 radical (unpaired) electrons. The first kappa shape index (κ1) is 10.5. The maximum atomic E-state index is 9.73. The van der Waals surface area contributed by atoms with Gasteiger partial charge in [-0.2, -0.15) is 14.6 Å². The maximum Gasteiger partial charge on any atom is 0.254 e. The van der Waals surface area contributed by atoms with Crippen LogP contribution >= 0.6 is 0 Å². The molecular weight excluding hydrogens is 218 g/mol. The van der Waals surface area contributed by atoms with Gasteiger partial charge in [-0.05, 0) is 19.8 Å². The predicted molar refractivity (Wildman–Crippen MR) is 63.0 cm³/mol. The highest BCUT2D eigenvalue weighted by Crippen LogP contribution is 2.20. The van der Waals surface area contributed by atoms with Gasteiger partial charge in [-0.1, -0.05) is 0 Å². The molecule has 1 unspecified atom stereocenters. The van der Waals surface area contributed by atoms with Gasteiger partial charge in [0.25, 0.3) is 5.78 Å². The third-order valence-electron chi connectivity index (χ3n) is 3.08. The molecule has 0 bridgehead atoms. The summed E-state index contributed by atoms with van der Waals surface area (Å²) >= 11 is 0. The molecule has 1 saturated heterocycles. The molecule has 3 heterocycles. The Morgan fingerprint density at radius 3 is 3.18 bits per heavy atom. The topological polar surface area (TPSA) is 66.5 Å². The van der Waals surface area contributed by atoms with Crippen LogP contribution in [0.4, 0.5) is 5.82 Å². The van der Waals surface area contributed by atoms with Crippen molar-refractivity contribution >= 4 is 11.6 Å². The van der Waals surface area contributed by atoms with Gasteiger partial charge in [0.2, 0.25) is 0 Å². The van der Waals surface area contributed by atoms with Crippen molar-refractivity contribution in [1.82, 2.24) is 19.6 Å². The van der Waals surface area contributed by atoms with Gasteiger partial charge in [-0.15, -0.1) is 0 Å². The lowest BCUT2D eigenvalue weighted by Crippen LogP contribution is -2.39. The van der Waals surface area contributed by atoms with E-state index in [2.05, 4.69) is 20.0 Å². The first-order chi connectivity index (χ1) is 8.24. The summed E-state index contributed by atoms with van der Waals surface area (Å²) in [5, 5.41) is 13.9. The minimum absolute atomic E-state index is 0.254. The Hall–Kier alpha value is -1.69. The van der Waals surface area contributed by atoms with Crippen LogP contribution in [-0.2, 0) is 0 Å². The molecule has 3 rings (SSSR count). The summed E-state index contributed by atoms with van der Waals surface area (Å²) in [5.41, 5.74) is 0.917. The molecule has 90 valence electrons. The Balaban J connectivity index is 2.06. The van der Waals surface area contributed by atoms with Gasteiger partial charge in [-0.25, -0.2) is 4.98 Å². The van der Waals surface area contributed by atoms with Crippen LogP contribution in [0, 0.1) is 6.92 Å². The van der Waals surface area contributed by atoms with Crippen molar-refractivity contribution in [3.8, 4) is 0 Å². The number of aromatic nitrogens is 4. The number of anilines is 1. The molecule has 1 fully saturated rings. The lowest BCUT2D eigenvalue weighted by atomic mass is 10.1. The first-order valence-electron chi connectivity index (χ1n) is 5.84. The predicted octanol–water partition coefficient (Wildman–Crippen LogP) is 0.394. The van der Waals surface area contributed by atoms with E-state index < -0.39 is 0 Å². The number of hydrogen-bond donors (Lipinski definition) is 1. The molecule has 1 N–H and O–H groups in total. The monoisotopic (exact) mass is 233 g/mol. The summed E-state index contributed by atoms with van der Waals surface area (Å²) in [6, 6.07) is 1.99. The average Bonchev–Trinajstić information content (AvgIpc) is 2.75. The lowest BCUT2D eigenvalue weighted by Gasteiger charge is -2.31. The molecule has 17 heavy (non-hydrogen) atoms. The highest BCUT2D eigenvalue weighted by molar-refractivity contribution is 5.47. The Kier molecular flexibility index (Phi) is 2.44. The van der Waals surface area contributed by atoms with Crippen molar-refractivity contribution in [1.29, 1.82) is 0 Å². The second-order valence-electron chi connectivity index (χ2n) is 4.47. The summed E-state index contributed by atoms with van der Waals surface area (Å²) < 4.78 is 1.73. The number of rotatable bonds is 1. The Labute approximate surface area is 98.9 Å². The SMILES string of the molecule is Cc1cc(N2CCCC(O)C2)n2ncnc2n1. The summed E-state index contributed by atoms with van der Waals surface area (Å²) in [5.74, 6) is 1.57. The average molecular weight is 233 g/mol. The number of piperidine rings is 1. The van der Waals surface area contributed by atoms with Gasteiger partial charge in [0.15, 0.2) is 0 Å². The van der Waals surface area contributed by atoms with Gasteiger partial charge in [-0.3, -0.25) is 0 Å². The number of aliphatic hydroxyl groups excluding tert-OH is 1. The molecular formula is C11H15N5O. The third kappa shape index (κ3) is 1.84. The number of hydrogen-bond acceptors (Lipinski definition) is 5. The summed E-state index contributed by atoms with van der Waals surface area (Å²) in [6.07, 6.45) is 3.13. The number of β-amino-alcohol motifs (C(OH)–C–C–N with tert-alkyl or cyclic N) is 1. The van der Waals surface area contributed by atoms with Crippen LogP contribution in [0.15, 0.2) is 12.4 Å². The third-order valence-corrected chi connectivity index (χ3v) is 3.08. The first-order valence-corrected chi connectivity index (χ1v) is 5.84. The molecule has 0 aliphatic carbocycles. The van der Waals surface area contributed by atoms with Gasteiger partial charge < -0.3 is 10.0 Å². The number of nitrogens with zero attached hydrogens (tertiary/aromatic N) is 5. The van der Waals surface area contributed by atoms with Crippen molar-refractivity contribution in [3.63, 3.8) is 0 Å². The molecule has 6 nitrogen and oxygen atoms in total. The minimum Gasteiger partial charge on any atom is -0.391 e. The van der Waals surface area contributed by atoms with Crippen LogP contribution in [0.1, 0.15) is 18.5 Å². The Morgan fingerprint density at radius 1 is 1.47 bits per heavy atom. The van der Waals surface area contributed by atoms with Crippen molar-refractivity contribution < 1.29 is 5.11 Å². The van der Waals surface area contributed by atoms with E-state index in [1.54, 1.807) is 4.52 Å². The molecule has 6 heteroatoms. The van der Waals surface area contributed by atoms with Crippen LogP contribution in [0.5, 0.6) is 0 Å². The second-order valence-corrected chi connectivity index (χ2v) is 4.47. The fourth-order valence-electron chi connectivity index (χ4n) is 2.30. The minimum atomic E-state index is -0.254. The Bertz CT molecular complexity index is 538. The van der Waals surface area contributed by atoms with Crippen molar-refractivity contribution in [2.45, 2.75) is 25.9 Å². The summed E-state index contributed by atoms with van der Waals surface area (Å²) in [4.78, 5) is 10.6. The molecule has 0 saturated carbocycles. The number of aliphatic hydroxyl groups is 1. The Morgan fingerprint density at radius 2 is 2.35 bits per heavy atom. The van der Waals surface area contributed by atoms with Crippen LogP contribution in [-0.4, -0.2) is 43.9 Å². The standard InChI is InChI=1S/C11H15N5O/c1-8-5-10(15-4-2-3-9(17)6-15)16-11(14-8)12-7-13-16/h5,7,9,17H,2-4,6H2,1H3. The molecule has 2 aromatic rings. The van der Waals surface area contributed by atoms with Crippen molar-refractivity contribution in [2.24, 2.45) is 0 Å². The zero-order valence-electron chi connectivity index (χ0n) is 9.74. The smallest absolute Gasteiger partial charge is 0.254 e. The van der Waals surface area contributed by atoms with Crippen molar-refractivity contribution in [3.05, 3.63) is 18.1 Å². The summed E-state index contributed by atoms with van der Waals surface area (Å²) in [6.45, 7) is 3.53. The van der Waals surface area contributed by atoms with Gasteiger partial charge in [0.05, 0.1) is 6.10 Å². The van der Waals surface area contributed by atoms with E-state index in [4.69, 9.17) is 0 Å². The van der Waals surface area contributed by atoms with E-state index in [9.17, 15) is 5.11 Å². The van der Waals surface area contributed by atoms with Gasteiger partial charge in [0.1, 0.15) is 12.1 Å². The molecule has 0 aromatic carbocycles. The zero-order chi connectivity index (χ0) is 11.8. The lowest BCUT2D eigenvalue weighted by molar-refractivity contribution is 0.153. The quantitative estimate of drug-likeness (QED) is 0.772. The maximum absolute atomic E-state index is 9.73. The van der Waals surface area contributed by atoms with Crippen LogP contribution < -0.4 is 4.90 Å². The van der Waals surface area contributed by atoms with E-state index in [-0.39, 0.29) is 6.10 Å². The van der Waals surface area contributed by atoms with Crippen molar-refractivity contribution in [2.75, 3.05) is 18.0 Å². The molecule has 1 aliphatic rings. The molecule has 0 amide bonds. The van der Waals surface area contributed by atoms with Crippen LogP contribution in [0.25, 0.3) is 5.78 Å². The fourth-order valence-corrected chi connectivity index (χ4v) is 2.30. The van der Waals surface area contributed by atoms with E-state index in [0.29, 0.717) is 12.3 Å². The molecule has 2 aromatic heterocycles. The fraction of sp³-hybridized carbons (Fsp3) is 0.545. The van der Waals surface area contributed by atoms with E-state index >= 15 is 0 Å². The molecule has 1 aliphatic heterocycles. The highest BCUT2D eigenvalue weighted by Gasteiger charge is 2.20.